The van der Waals surface area contributed by atoms with E-state index in [1.165, 1.54) is 34.4 Å². The number of carbonyl (C=O) groups is 1. The van der Waals surface area contributed by atoms with E-state index in [0.29, 0.717) is 92.4 Å². The summed E-state index contributed by atoms with van der Waals surface area (Å²) in [5.41, 5.74) is 5.72. The molecule has 1 aliphatic carbocycles. The molecule has 0 spiro atoms. The first-order valence-electron chi connectivity index (χ1n) is 17.5. The van der Waals surface area contributed by atoms with Crippen molar-refractivity contribution in [3.05, 3.63) is 89.5 Å². The molecule has 0 bridgehead atoms. The van der Waals surface area contributed by atoms with Gasteiger partial charge in [-0.1, -0.05) is 66.2 Å². The van der Waals surface area contributed by atoms with Crippen LogP contribution >= 0.6 is 0 Å². The Bertz CT molecular complexity index is 1510. The van der Waals surface area contributed by atoms with Gasteiger partial charge in [0.15, 0.2) is 0 Å². The van der Waals surface area contributed by atoms with E-state index in [2.05, 4.69) is 29.6 Å². The fraction of sp³-hybridized carbons (Fsp3) is 0.500. The van der Waals surface area contributed by atoms with Crippen molar-refractivity contribution in [2.45, 2.75) is 17.7 Å². The van der Waals surface area contributed by atoms with E-state index < -0.39 is 16.2 Å². The number of rotatable bonds is 28. The molecular weight excluding hydrogens is 694 g/mol. The molecule has 1 amide bonds. The monoisotopic (exact) mass is 745 g/mol. The summed E-state index contributed by atoms with van der Waals surface area (Å²) in [6.45, 7) is 7.98. The topological polar surface area (TPSA) is 146 Å². The summed E-state index contributed by atoms with van der Waals surface area (Å²) in [6, 6.07) is 22.9. The Kier molecular flexibility index (Phi) is 19.1. The molecule has 4 rings (SSSR count). The van der Waals surface area contributed by atoms with E-state index in [9.17, 15) is 13.2 Å². The lowest BCUT2D eigenvalue weighted by Gasteiger charge is -2.14. The van der Waals surface area contributed by atoms with Crippen LogP contribution in [0.4, 0.5) is 4.79 Å². The number of hydrogen-bond acceptors (Lipinski definition) is 12. The van der Waals surface area contributed by atoms with Gasteiger partial charge in [0.2, 0.25) is 0 Å². The van der Waals surface area contributed by atoms with Gasteiger partial charge >= 0.3 is 6.09 Å². The lowest BCUT2D eigenvalue weighted by atomic mass is 9.98. The van der Waals surface area contributed by atoms with Crippen molar-refractivity contribution in [2.75, 3.05) is 112 Å². The zero-order chi connectivity index (χ0) is 36.7. The number of fused-ring (bicyclic) bond motifs is 3. The molecule has 0 aromatic heterocycles. The minimum absolute atomic E-state index is 0.0292. The van der Waals surface area contributed by atoms with Gasteiger partial charge in [-0.15, -0.1) is 0 Å². The third kappa shape index (κ3) is 14.9. The Labute approximate surface area is 306 Å². The van der Waals surface area contributed by atoms with Crippen molar-refractivity contribution in [1.29, 1.82) is 0 Å². The number of hydrogen-bond donors (Lipinski definition) is 1. The maximum absolute atomic E-state index is 12.2. The Hall–Kier alpha value is -3.44. The molecule has 1 N–H and O–H groups in total. The highest BCUT2D eigenvalue weighted by molar-refractivity contribution is 7.86. The third-order valence-corrected chi connectivity index (χ3v) is 9.19. The number of aryl methyl sites for hydroxylation is 1. The van der Waals surface area contributed by atoms with E-state index in [-0.39, 0.29) is 30.6 Å². The zero-order valence-corrected chi connectivity index (χ0v) is 30.7. The SMILES string of the molecule is Cc1ccc(S(=O)(=O)OCCOCCOCCOCCOCCOCCOCCOCCNC(=O)OCC2c3ccccc3-c3ccccc32)cc1. The highest BCUT2D eigenvalue weighted by Gasteiger charge is 2.29. The van der Waals surface area contributed by atoms with Crippen LogP contribution in [0, 0.1) is 6.92 Å². The van der Waals surface area contributed by atoms with Crippen molar-refractivity contribution >= 4 is 16.2 Å². The minimum atomic E-state index is -3.78. The second-order valence-corrected chi connectivity index (χ2v) is 13.2. The molecule has 286 valence electrons. The molecule has 13 nitrogen and oxygen atoms in total. The summed E-state index contributed by atoms with van der Waals surface area (Å²) < 4.78 is 72.9. The predicted molar refractivity (Wildman–Crippen MR) is 193 cm³/mol. The number of amides is 1. The van der Waals surface area contributed by atoms with Gasteiger partial charge in [-0.3, -0.25) is 4.18 Å². The number of ether oxygens (including phenoxy) is 8. The van der Waals surface area contributed by atoms with E-state index in [4.69, 9.17) is 42.1 Å². The number of nitrogens with one attached hydrogen (secondary N) is 1. The molecule has 0 fully saturated rings. The molecule has 0 saturated heterocycles. The first-order chi connectivity index (χ1) is 25.5. The average Bonchev–Trinajstić information content (AvgIpc) is 3.47. The quantitative estimate of drug-likeness (QED) is 0.0833. The third-order valence-electron chi connectivity index (χ3n) is 7.87. The first-order valence-corrected chi connectivity index (χ1v) is 19.0. The van der Waals surface area contributed by atoms with Crippen LogP contribution in [0.25, 0.3) is 11.1 Å². The van der Waals surface area contributed by atoms with Crippen LogP contribution in [0.3, 0.4) is 0 Å². The minimum Gasteiger partial charge on any atom is -0.449 e. The van der Waals surface area contributed by atoms with Crippen molar-refractivity contribution in [3.8, 4) is 11.1 Å². The van der Waals surface area contributed by atoms with Crippen LogP contribution in [0.5, 0.6) is 0 Å². The molecule has 14 heteroatoms. The molecule has 3 aromatic rings. The van der Waals surface area contributed by atoms with Gasteiger partial charge in [0.25, 0.3) is 10.1 Å². The van der Waals surface area contributed by atoms with Crippen LogP contribution < -0.4 is 5.32 Å². The van der Waals surface area contributed by atoms with E-state index in [1.807, 2.05) is 31.2 Å². The summed E-state index contributed by atoms with van der Waals surface area (Å²) in [4.78, 5) is 12.4. The molecule has 0 atom stereocenters. The van der Waals surface area contributed by atoms with Gasteiger partial charge in [-0.25, -0.2) is 4.79 Å². The normalized spacial score (nSPS) is 12.5. The second-order valence-electron chi connectivity index (χ2n) is 11.6. The number of carbonyl (C=O) groups excluding carboxylic acids is 1. The average molecular weight is 746 g/mol. The predicted octanol–water partition coefficient (Wildman–Crippen LogP) is 4.36. The van der Waals surface area contributed by atoms with Gasteiger partial charge in [0.05, 0.1) is 104 Å². The summed E-state index contributed by atoms with van der Waals surface area (Å²) in [5, 5.41) is 2.73. The summed E-state index contributed by atoms with van der Waals surface area (Å²) in [5.74, 6) is 0.0292. The molecule has 0 radical (unpaired) electrons. The molecule has 0 aliphatic heterocycles. The van der Waals surface area contributed by atoms with Gasteiger partial charge in [0.1, 0.15) is 6.61 Å². The lowest BCUT2D eigenvalue weighted by Crippen LogP contribution is -2.29. The largest absolute Gasteiger partial charge is 0.449 e. The van der Waals surface area contributed by atoms with Crippen LogP contribution in [0.1, 0.15) is 22.6 Å². The van der Waals surface area contributed by atoms with Crippen molar-refractivity contribution in [3.63, 3.8) is 0 Å². The van der Waals surface area contributed by atoms with Crippen LogP contribution in [0.15, 0.2) is 77.7 Å². The standard InChI is InChI=1S/C38H51NO12S/c1-31-10-12-32(13-11-31)52(41,42)51-29-28-49-27-26-48-25-24-47-23-22-46-21-20-45-19-18-44-17-16-43-15-14-39-38(40)50-30-37-35-8-4-2-6-33(35)34-7-3-5-9-36(34)37/h2-13,37H,14-30H2,1H3,(H,39,40). The van der Waals surface area contributed by atoms with Crippen LogP contribution in [0.2, 0.25) is 0 Å². The maximum Gasteiger partial charge on any atom is 0.407 e. The highest BCUT2D eigenvalue weighted by Crippen LogP contribution is 2.44. The highest BCUT2D eigenvalue weighted by atomic mass is 32.2. The van der Waals surface area contributed by atoms with Crippen molar-refractivity contribution in [1.82, 2.24) is 5.32 Å². The molecule has 0 heterocycles. The summed E-state index contributed by atoms with van der Waals surface area (Å²) in [7, 11) is -3.78. The first kappa shape index (κ1) is 41.3. The Morgan fingerprint density at radius 2 is 0.962 bits per heavy atom. The molecule has 52 heavy (non-hydrogen) atoms. The van der Waals surface area contributed by atoms with E-state index in [0.717, 1.165) is 5.56 Å². The smallest absolute Gasteiger partial charge is 0.407 e. The van der Waals surface area contributed by atoms with Crippen molar-refractivity contribution in [2.24, 2.45) is 0 Å². The number of benzene rings is 3. The Morgan fingerprint density at radius 3 is 1.42 bits per heavy atom. The lowest BCUT2D eigenvalue weighted by molar-refractivity contribution is -0.0210. The van der Waals surface area contributed by atoms with Gasteiger partial charge in [0, 0.05) is 12.5 Å². The summed E-state index contributed by atoms with van der Waals surface area (Å²) in [6.07, 6.45) is -0.462. The van der Waals surface area contributed by atoms with Crippen LogP contribution in [-0.4, -0.2) is 127 Å². The Balaban J connectivity index is 0.834. The van der Waals surface area contributed by atoms with E-state index >= 15 is 0 Å². The van der Waals surface area contributed by atoms with Gasteiger partial charge < -0.3 is 43.2 Å². The second kappa shape index (κ2) is 24.0. The van der Waals surface area contributed by atoms with E-state index in [1.54, 1.807) is 12.1 Å². The molecule has 0 unspecified atom stereocenters. The molecular formula is C38H51NO12S. The van der Waals surface area contributed by atoms with Crippen LogP contribution in [-0.2, 0) is 52.2 Å². The van der Waals surface area contributed by atoms with Gasteiger partial charge in [-0.2, -0.15) is 8.42 Å². The number of alkyl carbamates (subject to hydrolysis) is 1. The van der Waals surface area contributed by atoms with Crippen molar-refractivity contribution < 1.29 is 55.3 Å². The zero-order valence-electron chi connectivity index (χ0n) is 29.8. The fourth-order valence-electron chi connectivity index (χ4n) is 5.27. The Morgan fingerprint density at radius 1 is 0.558 bits per heavy atom. The summed E-state index contributed by atoms with van der Waals surface area (Å²) >= 11 is 0. The fourth-order valence-corrected chi connectivity index (χ4v) is 6.16. The molecule has 3 aromatic carbocycles. The molecule has 0 saturated carbocycles. The molecule has 1 aliphatic rings. The maximum atomic E-state index is 12.2. The van der Waals surface area contributed by atoms with Gasteiger partial charge in [-0.05, 0) is 41.3 Å².